The van der Waals surface area contributed by atoms with Gasteiger partial charge < -0.3 is 9.73 Å². The Hall–Kier alpha value is -2.17. The summed E-state index contributed by atoms with van der Waals surface area (Å²) in [5.74, 6) is 1.45. The first-order valence-electron chi connectivity index (χ1n) is 8.39. The number of nitrogens with zero attached hydrogens (tertiary/aromatic N) is 2. The van der Waals surface area contributed by atoms with Gasteiger partial charge in [0.15, 0.2) is 0 Å². The Labute approximate surface area is 136 Å². The molecule has 23 heavy (non-hydrogen) atoms. The number of carbonyl (C=O) groups excluding carboxylic acids is 1. The summed E-state index contributed by atoms with van der Waals surface area (Å²) in [7, 11) is 0. The van der Waals surface area contributed by atoms with Gasteiger partial charge >= 0.3 is 0 Å². The molecular formula is C18H23N3O2. The Morgan fingerprint density at radius 3 is 2.65 bits per heavy atom. The highest BCUT2D eigenvalue weighted by Crippen LogP contribution is 2.23. The van der Waals surface area contributed by atoms with Crippen LogP contribution in [0.5, 0.6) is 0 Å². The highest BCUT2D eigenvalue weighted by molar-refractivity contribution is 5.78. The van der Waals surface area contributed by atoms with Crippen LogP contribution < -0.4 is 5.32 Å². The van der Waals surface area contributed by atoms with Crippen molar-refractivity contribution in [1.82, 2.24) is 15.5 Å². The Kier molecular flexibility index (Phi) is 5.05. The van der Waals surface area contributed by atoms with Crippen molar-refractivity contribution in [2.24, 2.45) is 5.92 Å². The van der Waals surface area contributed by atoms with Crippen molar-refractivity contribution in [3.63, 3.8) is 0 Å². The van der Waals surface area contributed by atoms with Gasteiger partial charge in [0.25, 0.3) is 0 Å². The van der Waals surface area contributed by atoms with Gasteiger partial charge in [0.1, 0.15) is 0 Å². The predicted octanol–water partition coefficient (Wildman–Crippen LogP) is 3.28. The number of nitrogens with one attached hydrogen (secondary N) is 1. The van der Waals surface area contributed by atoms with Crippen LogP contribution in [-0.2, 0) is 11.2 Å². The average Bonchev–Trinajstić information content (AvgIpc) is 3.05. The second-order valence-electron chi connectivity index (χ2n) is 6.24. The minimum atomic E-state index is 0.169. The van der Waals surface area contributed by atoms with E-state index in [1.54, 1.807) is 0 Å². The van der Waals surface area contributed by atoms with Gasteiger partial charge in [-0.3, -0.25) is 4.79 Å². The summed E-state index contributed by atoms with van der Waals surface area (Å²) in [6.45, 7) is 2.59. The van der Waals surface area contributed by atoms with Gasteiger partial charge in [-0.1, -0.05) is 37.0 Å². The minimum Gasteiger partial charge on any atom is -0.421 e. The molecule has 0 aliphatic heterocycles. The van der Waals surface area contributed by atoms with Crippen molar-refractivity contribution in [2.75, 3.05) is 6.54 Å². The lowest BCUT2D eigenvalue weighted by Gasteiger charge is -2.20. The third kappa shape index (κ3) is 4.18. The summed E-state index contributed by atoms with van der Waals surface area (Å²) in [4.78, 5) is 12.1. The molecule has 1 aliphatic carbocycles. The minimum absolute atomic E-state index is 0.169. The van der Waals surface area contributed by atoms with Crippen molar-refractivity contribution in [1.29, 1.82) is 0 Å². The second kappa shape index (κ2) is 7.40. The largest absolute Gasteiger partial charge is 0.421 e. The number of rotatable bonds is 5. The van der Waals surface area contributed by atoms with Crippen molar-refractivity contribution in [3.05, 3.63) is 35.7 Å². The van der Waals surface area contributed by atoms with Gasteiger partial charge in [-0.2, -0.15) is 0 Å². The first-order chi connectivity index (χ1) is 11.2. The summed E-state index contributed by atoms with van der Waals surface area (Å²) in [6, 6.07) is 7.97. The molecule has 1 saturated carbocycles. The topological polar surface area (TPSA) is 68.0 Å². The third-order valence-electron chi connectivity index (χ3n) is 4.38. The zero-order valence-electron chi connectivity index (χ0n) is 13.5. The molecule has 1 amide bonds. The van der Waals surface area contributed by atoms with Crippen LogP contribution >= 0.6 is 0 Å². The number of hydrogen-bond acceptors (Lipinski definition) is 4. The number of benzene rings is 1. The van der Waals surface area contributed by atoms with Crippen molar-refractivity contribution in [3.8, 4) is 11.5 Å². The molecule has 1 N–H and O–H groups in total. The number of aromatic nitrogens is 2. The van der Waals surface area contributed by atoms with Gasteiger partial charge in [0, 0.05) is 24.4 Å². The van der Waals surface area contributed by atoms with Crippen molar-refractivity contribution < 1.29 is 9.21 Å². The molecule has 1 aliphatic rings. The van der Waals surface area contributed by atoms with E-state index in [9.17, 15) is 4.79 Å². The van der Waals surface area contributed by atoms with Crippen LogP contribution in [0, 0.1) is 12.8 Å². The maximum Gasteiger partial charge on any atom is 0.247 e. The standard InChI is InChI=1S/C18H23N3O2/c1-13-7-9-15(10-8-13)18-21-20-16(23-18)11-12-19-17(22)14-5-3-2-4-6-14/h7-10,14H,2-6,11-12H2,1H3,(H,19,22). The number of amides is 1. The van der Waals surface area contributed by atoms with Crippen molar-refractivity contribution >= 4 is 5.91 Å². The van der Waals surface area contributed by atoms with E-state index in [0.29, 0.717) is 24.7 Å². The smallest absolute Gasteiger partial charge is 0.247 e. The molecule has 0 unspecified atom stereocenters. The fourth-order valence-corrected chi connectivity index (χ4v) is 2.97. The van der Waals surface area contributed by atoms with Crippen LogP contribution in [0.4, 0.5) is 0 Å². The van der Waals surface area contributed by atoms with Crippen LogP contribution in [-0.4, -0.2) is 22.6 Å². The fourth-order valence-electron chi connectivity index (χ4n) is 2.97. The zero-order valence-corrected chi connectivity index (χ0v) is 13.5. The molecule has 5 nitrogen and oxygen atoms in total. The third-order valence-corrected chi connectivity index (χ3v) is 4.38. The molecule has 2 aromatic rings. The van der Waals surface area contributed by atoms with Gasteiger partial charge in [-0.05, 0) is 31.9 Å². The zero-order chi connectivity index (χ0) is 16.1. The summed E-state index contributed by atoms with van der Waals surface area (Å²) >= 11 is 0. The van der Waals surface area contributed by atoms with E-state index in [1.807, 2.05) is 31.2 Å². The van der Waals surface area contributed by atoms with Crippen LogP contribution in [0.3, 0.4) is 0 Å². The Morgan fingerprint density at radius 2 is 1.91 bits per heavy atom. The summed E-state index contributed by atoms with van der Waals surface area (Å²) in [6.07, 6.45) is 6.20. The highest BCUT2D eigenvalue weighted by atomic mass is 16.4. The second-order valence-corrected chi connectivity index (χ2v) is 6.24. The predicted molar refractivity (Wildman–Crippen MR) is 87.8 cm³/mol. The van der Waals surface area contributed by atoms with Crippen molar-refractivity contribution in [2.45, 2.75) is 45.4 Å². The molecule has 0 saturated heterocycles. The van der Waals surface area contributed by atoms with E-state index < -0.39 is 0 Å². The van der Waals surface area contributed by atoms with E-state index in [0.717, 1.165) is 18.4 Å². The normalized spacial score (nSPS) is 15.5. The van der Waals surface area contributed by atoms with Crippen LogP contribution in [0.2, 0.25) is 0 Å². The Bertz CT molecular complexity index is 643. The molecule has 0 atom stereocenters. The van der Waals surface area contributed by atoms with E-state index in [4.69, 9.17) is 4.42 Å². The molecule has 0 radical (unpaired) electrons. The fraction of sp³-hybridized carbons (Fsp3) is 0.500. The van der Waals surface area contributed by atoms with E-state index in [2.05, 4.69) is 15.5 Å². The molecule has 0 bridgehead atoms. The molecule has 1 heterocycles. The molecular weight excluding hydrogens is 290 g/mol. The summed E-state index contributed by atoms with van der Waals surface area (Å²) < 4.78 is 5.66. The number of carbonyl (C=O) groups is 1. The highest BCUT2D eigenvalue weighted by Gasteiger charge is 2.20. The average molecular weight is 313 g/mol. The SMILES string of the molecule is Cc1ccc(-c2nnc(CCNC(=O)C3CCCCC3)o2)cc1. The number of aryl methyl sites for hydroxylation is 1. The molecule has 1 aromatic heterocycles. The quantitative estimate of drug-likeness (QED) is 0.919. The lowest BCUT2D eigenvalue weighted by atomic mass is 9.89. The van der Waals surface area contributed by atoms with E-state index in [-0.39, 0.29) is 11.8 Å². The maximum absolute atomic E-state index is 12.1. The van der Waals surface area contributed by atoms with Gasteiger partial charge in [-0.15, -0.1) is 10.2 Å². The van der Waals surface area contributed by atoms with Gasteiger partial charge in [-0.25, -0.2) is 0 Å². The van der Waals surface area contributed by atoms with E-state index >= 15 is 0 Å². The number of hydrogen-bond donors (Lipinski definition) is 1. The first kappa shape index (κ1) is 15.7. The molecule has 122 valence electrons. The lowest BCUT2D eigenvalue weighted by Crippen LogP contribution is -2.33. The van der Waals surface area contributed by atoms with Crippen LogP contribution in [0.15, 0.2) is 28.7 Å². The molecule has 3 rings (SSSR count). The molecule has 5 heteroatoms. The molecule has 1 aromatic carbocycles. The summed E-state index contributed by atoms with van der Waals surface area (Å²) in [5.41, 5.74) is 2.11. The monoisotopic (exact) mass is 313 g/mol. The molecule has 0 spiro atoms. The van der Waals surface area contributed by atoms with Gasteiger partial charge in [0.2, 0.25) is 17.7 Å². The molecule has 1 fully saturated rings. The first-order valence-corrected chi connectivity index (χ1v) is 8.39. The lowest BCUT2D eigenvalue weighted by molar-refractivity contribution is -0.125. The van der Waals surface area contributed by atoms with Crippen LogP contribution in [0.25, 0.3) is 11.5 Å². The summed E-state index contributed by atoms with van der Waals surface area (Å²) in [5, 5.41) is 11.1. The van der Waals surface area contributed by atoms with Crippen LogP contribution in [0.1, 0.15) is 43.6 Å². The van der Waals surface area contributed by atoms with Gasteiger partial charge in [0.05, 0.1) is 0 Å². The Morgan fingerprint density at radius 1 is 1.17 bits per heavy atom. The van der Waals surface area contributed by atoms with E-state index in [1.165, 1.54) is 24.8 Å². The maximum atomic E-state index is 12.1. The Balaban J connectivity index is 1.49.